The van der Waals surface area contributed by atoms with Crippen molar-refractivity contribution in [1.82, 2.24) is 30.6 Å². The highest BCUT2D eigenvalue weighted by atomic mass is 32.2. The molecule has 0 aliphatic carbocycles. The fraction of sp³-hybridized carbons (Fsp3) is 0.536. The molecule has 1 saturated heterocycles. The number of amides is 4. The third-order valence-corrected chi connectivity index (χ3v) is 8.33. The van der Waals surface area contributed by atoms with Crippen LogP contribution < -0.4 is 20.7 Å². The Balaban J connectivity index is 1.65. The molecule has 1 aromatic carbocycles. The molecule has 3 heterocycles. The normalized spacial score (nSPS) is 22.4. The predicted molar refractivity (Wildman–Crippen MR) is 154 cm³/mol. The van der Waals surface area contributed by atoms with E-state index in [1.165, 1.54) is 24.0 Å². The number of rotatable bonds is 5. The Kier molecular flexibility index (Phi) is 10.4. The zero-order chi connectivity index (χ0) is 31.1. The number of aryl methyl sites for hydroxylation is 2. The molecular formula is C28H38N6O8S. The van der Waals surface area contributed by atoms with E-state index in [0.717, 1.165) is 30.4 Å². The predicted octanol–water partition coefficient (Wildman–Crippen LogP) is 0.469. The smallest absolute Gasteiger partial charge is 0.266 e. The molecule has 4 amide bonds. The van der Waals surface area contributed by atoms with Crippen LogP contribution in [0.1, 0.15) is 55.3 Å². The minimum Gasteiger partial charge on any atom is -0.494 e. The van der Waals surface area contributed by atoms with Gasteiger partial charge in [-0.05, 0) is 55.4 Å². The van der Waals surface area contributed by atoms with Gasteiger partial charge in [0.1, 0.15) is 17.8 Å². The van der Waals surface area contributed by atoms with E-state index in [-0.39, 0.29) is 36.9 Å². The maximum absolute atomic E-state index is 13.5. The van der Waals surface area contributed by atoms with Crippen molar-refractivity contribution in [3.05, 3.63) is 47.3 Å². The summed E-state index contributed by atoms with van der Waals surface area (Å²) in [5, 5.41) is 12.1. The van der Waals surface area contributed by atoms with Crippen molar-refractivity contribution >= 4 is 33.7 Å². The molecule has 15 heteroatoms. The summed E-state index contributed by atoms with van der Waals surface area (Å²) in [7, 11) is -4.26. The number of carbonyl (C=O) groups is 4. The van der Waals surface area contributed by atoms with Crippen molar-refractivity contribution in [3.8, 4) is 5.75 Å². The van der Waals surface area contributed by atoms with Gasteiger partial charge in [-0.2, -0.15) is 13.5 Å². The summed E-state index contributed by atoms with van der Waals surface area (Å²) < 4.78 is 38.7. The molecule has 2 unspecified atom stereocenters. The second-order valence-corrected chi connectivity index (χ2v) is 12.6. The molecule has 2 aliphatic heterocycles. The van der Waals surface area contributed by atoms with E-state index in [4.69, 9.17) is 9.29 Å². The third kappa shape index (κ3) is 9.25. The van der Waals surface area contributed by atoms with E-state index in [1.807, 2.05) is 25.1 Å². The number of hydrogen-bond acceptors (Lipinski definition) is 8. The SMILES string of the molecule is CC(=O)N[C@H]1CC(=O)N2CCCC(CCOc3ccc(C)c(c3)CNC(=O)C(c3cnn(CCS(=O)(=O)O)c3)NC1=O)C2. The van der Waals surface area contributed by atoms with Gasteiger partial charge in [-0.3, -0.25) is 28.4 Å². The fourth-order valence-electron chi connectivity index (χ4n) is 5.24. The van der Waals surface area contributed by atoms with Crippen LogP contribution in [0, 0.1) is 12.8 Å². The zero-order valence-corrected chi connectivity index (χ0v) is 25.1. The molecule has 0 spiro atoms. The molecule has 2 aliphatic rings. The summed E-state index contributed by atoms with van der Waals surface area (Å²) in [6, 6.07) is 3.07. The van der Waals surface area contributed by atoms with E-state index in [1.54, 1.807) is 4.90 Å². The molecule has 43 heavy (non-hydrogen) atoms. The van der Waals surface area contributed by atoms with Gasteiger partial charge in [-0.1, -0.05) is 6.07 Å². The summed E-state index contributed by atoms with van der Waals surface area (Å²) in [6.45, 7) is 4.59. The van der Waals surface area contributed by atoms with E-state index in [2.05, 4.69) is 21.0 Å². The van der Waals surface area contributed by atoms with Crippen molar-refractivity contribution in [2.24, 2.45) is 5.92 Å². The van der Waals surface area contributed by atoms with Crippen LogP contribution in [0.2, 0.25) is 0 Å². The first-order valence-corrected chi connectivity index (χ1v) is 15.8. The molecule has 14 nitrogen and oxygen atoms in total. The minimum atomic E-state index is -4.26. The quantitative estimate of drug-likeness (QED) is 0.345. The van der Waals surface area contributed by atoms with Crippen molar-refractivity contribution in [1.29, 1.82) is 0 Å². The standard InChI is InChI=1S/C28H38N6O8S/c1-18-5-6-23-12-21(18)14-29-28(38)26(22-15-30-34(17-22)9-11-43(39,40)41)32-27(37)24(31-19(2)35)13-25(36)33-8-3-4-20(16-33)7-10-42-23/h5-6,12,15,17,20,24,26H,3-4,7-11,13-14,16H2,1-2H3,(H,29,38)(H,31,35)(H,32,37)(H,39,40,41)/t20?,24-,26?/m0/s1. The maximum atomic E-state index is 13.5. The van der Waals surface area contributed by atoms with Crippen molar-refractivity contribution in [3.63, 3.8) is 0 Å². The molecule has 0 saturated carbocycles. The van der Waals surface area contributed by atoms with Gasteiger partial charge in [0.2, 0.25) is 23.6 Å². The highest BCUT2D eigenvalue weighted by Crippen LogP contribution is 2.23. The first-order valence-electron chi connectivity index (χ1n) is 14.2. The Bertz CT molecular complexity index is 1460. The van der Waals surface area contributed by atoms with Crippen LogP contribution in [-0.2, 0) is 42.4 Å². The second-order valence-electron chi connectivity index (χ2n) is 11.0. The molecular weight excluding hydrogens is 580 g/mol. The van der Waals surface area contributed by atoms with Gasteiger partial charge in [0.15, 0.2) is 0 Å². The number of fused-ring (bicyclic) bond motifs is 4. The average molecular weight is 619 g/mol. The molecule has 1 fully saturated rings. The first-order chi connectivity index (χ1) is 20.4. The molecule has 3 atom stereocenters. The lowest BCUT2D eigenvalue weighted by Crippen LogP contribution is -2.52. The van der Waals surface area contributed by atoms with Crippen LogP contribution in [-0.4, -0.2) is 82.8 Å². The number of nitrogens with one attached hydrogen (secondary N) is 3. The Morgan fingerprint density at radius 1 is 1.21 bits per heavy atom. The number of carbonyl (C=O) groups excluding carboxylic acids is 4. The molecule has 0 radical (unpaired) electrons. The maximum Gasteiger partial charge on any atom is 0.266 e. The van der Waals surface area contributed by atoms with Gasteiger partial charge >= 0.3 is 0 Å². The lowest BCUT2D eigenvalue weighted by molar-refractivity contribution is -0.138. The number of piperidine rings is 1. The summed E-state index contributed by atoms with van der Waals surface area (Å²) in [4.78, 5) is 54.0. The van der Waals surface area contributed by atoms with E-state index < -0.39 is 45.7 Å². The largest absolute Gasteiger partial charge is 0.494 e. The molecule has 4 rings (SSSR count). The van der Waals surface area contributed by atoms with Gasteiger partial charge in [-0.25, -0.2) is 0 Å². The highest BCUT2D eigenvalue weighted by molar-refractivity contribution is 7.85. The van der Waals surface area contributed by atoms with Crippen LogP contribution in [0.15, 0.2) is 30.6 Å². The first kappa shape index (κ1) is 31.9. The second kappa shape index (κ2) is 14.0. The molecule has 4 bridgehead atoms. The Hall–Kier alpha value is -3.98. The summed E-state index contributed by atoms with van der Waals surface area (Å²) in [5.74, 6) is -1.85. The van der Waals surface area contributed by atoms with E-state index >= 15 is 0 Å². The molecule has 1 aromatic heterocycles. The van der Waals surface area contributed by atoms with Gasteiger partial charge in [-0.15, -0.1) is 0 Å². The Morgan fingerprint density at radius 2 is 2.00 bits per heavy atom. The lowest BCUT2D eigenvalue weighted by Gasteiger charge is -2.34. The van der Waals surface area contributed by atoms with Crippen molar-refractivity contribution < 1.29 is 36.9 Å². The number of aromatic nitrogens is 2. The van der Waals surface area contributed by atoms with Gasteiger partial charge in [0.25, 0.3) is 10.1 Å². The topological polar surface area (TPSA) is 189 Å². The van der Waals surface area contributed by atoms with Crippen LogP contribution in [0.5, 0.6) is 5.75 Å². The zero-order valence-electron chi connectivity index (χ0n) is 24.2. The van der Waals surface area contributed by atoms with Crippen LogP contribution in [0.25, 0.3) is 0 Å². The number of hydrogen-bond donors (Lipinski definition) is 4. The van der Waals surface area contributed by atoms with Crippen LogP contribution >= 0.6 is 0 Å². The van der Waals surface area contributed by atoms with Gasteiger partial charge in [0, 0.05) is 38.3 Å². The average Bonchev–Trinajstić information content (AvgIpc) is 3.42. The van der Waals surface area contributed by atoms with E-state index in [9.17, 15) is 27.6 Å². The molecule has 4 N–H and O–H groups in total. The van der Waals surface area contributed by atoms with Crippen LogP contribution in [0.3, 0.4) is 0 Å². The number of ether oxygens (including phenoxy) is 1. The monoisotopic (exact) mass is 618 g/mol. The Morgan fingerprint density at radius 3 is 2.74 bits per heavy atom. The third-order valence-electron chi connectivity index (χ3n) is 7.63. The van der Waals surface area contributed by atoms with Gasteiger partial charge < -0.3 is 25.6 Å². The van der Waals surface area contributed by atoms with Crippen LogP contribution in [0.4, 0.5) is 0 Å². The number of nitrogens with zero attached hydrogens (tertiary/aromatic N) is 3. The van der Waals surface area contributed by atoms with Gasteiger partial charge in [0.05, 0.1) is 31.5 Å². The molecule has 2 aromatic rings. The minimum absolute atomic E-state index is 0.121. The van der Waals surface area contributed by atoms with E-state index in [0.29, 0.717) is 25.4 Å². The van der Waals surface area contributed by atoms with Crippen molar-refractivity contribution in [2.75, 3.05) is 25.4 Å². The summed E-state index contributed by atoms with van der Waals surface area (Å²) in [6.07, 6.45) is 4.90. The Labute approximate surface area is 250 Å². The van der Waals surface area contributed by atoms with Crippen molar-refractivity contribution in [2.45, 2.75) is 64.7 Å². The highest BCUT2D eigenvalue weighted by Gasteiger charge is 2.32. The number of benzene rings is 1. The fourth-order valence-corrected chi connectivity index (χ4v) is 5.66. The summed E-state index contributed by atoms with van der Waals surface area (Å²) in [5.41, 5.74) is 1.97. The molecule has 234 valence electrons. The lowest BCUT2D eigenvalue weighted by atomic mass is 9.94. The summed E-state index contributed by atoms with van der Waals surface area (Å²) >= 11 is 0.